The highest BCUT2D eigenvalue weighted by atomic mass is 32.1. The molecule has 1 atom stereocenters. The van der Waals surface area contributed by atoms with E-state index in [0.29, 0.717) is 24.1 Å². The number of ether oxygens (including phenoxy) is 1. The Hall–Kier alpha value is -2.45. The van der Waals surface area contributed by atoms with Gasteiger partial charge in [0.2, 0.25) is 11.8 Å². The lowest BCUT2D eigenvalue weighted by Gasteiger charge is -2.12. The van der Waals surface area contributed by atoms with Crippen molar-refractivity contribution in [2.24, 2.45) is 0 Å². The zero-order valence-electron chi connectivity index (χ0n) is 14.7. The standard InChI is InChI=1S/C18H19N5O2S/c1-10-11(2)26-17-14(10)16-20-15(13-6-4-8-25-13)22-23(16)18(21-17)19-9-12-5-3-7-24-12/h4,6,8,12H,3,5,7,9H2,1-2H3,(H,19,21)/t12-/m1/s1. The van der Waals surface area contributed by atoms with E-state index in [2.05, 4.69) is 24.3 Å². The van der Waals surface area contributed by atoms with Crippen LogP contribution in [0.4, 0.5) is 5.95 Å². The topological polar surface area (TPSA) is 77.5 Å². The Kier molecular flexibility index (Phi) is 3.68. The molecule has 4 aromatic rings. The highest BCUT2D eigenvalue weighted by molar-refractivity contribution is 7.18. The molecule has 1 fully saturated rings. The third kappa shape index (κ3) is 2.48. The number of furan rings is 1. The zero-order chi connectivity index (χ0) is 17.7. The molecule has 0 radical (unpaired) electrons. The highest BCUT2D eigenvalue weighted by Crippen LogP contribution is 2.33. The smallest absolute Gasteiger partial charge is 0.227 e. The van der Waals surface area contributed by atoms with Gasteiger partial charge < -0.3 is 14.5 Å². The van der Waals surface area contributed by atoms with E-state index in [9.17, 15) is 0 Å². The average Bonchev–Trinajstić information content (AvgIpc) is 3.41. The number of hydrogen-bond donors (Lipinski definition) is 1. The Bertz CT molecular complexity index is 1080. The van der Waals surface area contributed by atoms with E-state index in [4.69, 9.17) is 19.1 Å². The molecule has 1 N–H and O–H groups in total. The molecule has 0 amide bonds. The van der Waals surface area contributed by atoms with Crippen LogP contribution >= 0.6 is 11.3 Å². The third-order valence-electron chi connectivity index (χ3n) is 4.86. The van der Waals surface area contributed by atoms with Crippen molar-refractivity contribution in [1.82, 2.24) is 19.6 Å². The molecule has 26 heavy (non-hydrogen) atoms. The zero-order valence-corrected chi connectivity index (χ0v) is 15.5. The van der Waals surface area contributed by atoms with Crippen molar-refractivity contribution in [1.29, 1.82) is 0 Å². The SMILES string of the molecule is Cc1sc2nc(NC[C@H]3CCCO3)n3nc(-c4ccco4)nc3c2c1C. The maximum atomic E-state index is 5.71. The van der Waals surface area contributed by atoms with Gasteiger partial charge in [0.05, 0.1) is 17.8 Å². The average molecular weight is 369 g/mol. The maximum Gasteiger partial charge on any atom is 0.227 e. The van der Waals surface area contributed by atoms with Gasteiger partial charge in [-0.05, 0) is 44.4 Å². The summed E-state index contributed by atoms with van der Waals surface area (Å²) in [5.41, 5.74) is 2.00. The fourth-order valence-electron chi connectivity index (χ4n) is 3.35. The maximum absolute atomic E-state index is 5.71. The summed E-state index contributed by atoms with van der Waals surface area (Å²) in [6.07, 6.45) is 4.04. The molecular weight excluding hydrogens is 350 g/mol. The van der Waals surface area contributed by atoms with Crippen molar-refractivity contribution in [3.8, 4) is 11.6 Å². The molecule has 5 heterocycles. The van der Waals surface area contributed by atoms with Crippen molar-refractivity contribution < 1.29 is 9.15 Å². The molecule has 0 bridgehead atoms. The first-order valence-electron chi connectivity index (χ1n) is 8.76. The Morgan fingerprint density at radius 3 is 3.04 bits per heavy atom. The first kappa shape index (κ1) is 15.8. The lowest BCUT2D eigenvalue weighted by Crippen LogP contribution is -2.20. The van der Waals surface area contributed by atoms with Crippen LogP contribution in [0, 0.1) is 13.8 Å². The van der Waals surface area contributed by atoms with Gasteiger partial charge in [-0.2, -0.15) is 4.52 Å². The van der Waals surface area contributed by atoms with Crippen LogP contribution < -0.4 is 5.32 Å². The molecule has 8 heteroatoms. The molecular formula is C18H19N5O2S. The third-order valence-corrected chi connectivity index (χ3v) is 5.96. The van der Waals surface area contributed by atoms with E-state index in [1.807, 2.05) is 12.1 Å². The summed E-state index contributed by atoms with van der Waals surface area (Å²) in [5.74, 6) is 1.90. The second-order valence-corrected chi connectivity index (χ2v) is 7.77. The predicted octanol–water partition coefficient (Wildman–Crippen LogP) is 3.81. The minimum Gasteiger partial charge on any atom is -0.461 e. The normalized spacial score (nSPS) is 17.5. The van der Waals surface area contributed by atoms with Crippen LogP contribution in [-0.4, -0.2) is 38.8 Å². The number of nitrogens with one attached hydrogen (secondary N) is 1. The van der Waals surface area contributed by atoms with Crippen LogP contribution in [-0.2, 0) is 4.74 Å². The van der Waals surface area contributed by atoms with Gasteiger partial charge in [-0.25, -0.2) is 9.97 Å². The second-order valence-electron chi connectivity index (χ2n) is 6.56. The number of hydrogen-bond acceptors (Lipinski definition) is 7. The lowest BCUT2D eigenvalue weighted by atomic mass is 10.2. The second kappa shape index (κ2) is 6.07. The molecule has 0 aliphatic carbocycles. The van der Waals surface area contributed by atoms with E-state index >= 15 is 0 Å². The van der Waals surface area contributed by atoms with Crippen LogP contribution in [0.25, 0.3) is 27.4 Å². The lowest BCUT2D eigenvalue weighted by molar-refractivity contribution is 0.120. The molecule has 0 saturated carbocycles. The molecule has 5 rings (SSSR count). The minimum absolute atomic E-state index is 0.224. The van der Waals surface area contributed by atoms with Crippen molar-refractivity contribution >= 4 is 33.1 Å². The van der Waals surface area contributed by atoms with Crippen LogP contribution in [0.5, 0.6) is 0 Å². The number of aryl methyl sites for hydroxylation is 2. The van der Waals surface area contributed by atoms with Gasteiger partial charge in [-0.3, -0.25) is 0 Å². The van der Waals surface area contributed by atoms with E-state index in [-0.39, 0.29) is 6.10 Å². The van der Waals surface area contributed by atoms with E-state index < -0.39 is 0 Å². The summed E-state index contributed by atoms with van der Waals surface area (Å²) in [6, 6.07) is 3.70. The van der Waals surface area contributed by atoms with Crippen LogP contribution in [0.2, 0.25) is 0 Å². The van der Waals surface area contributed by atoms with Crippen LogP contribution in [0.3, 0.4) is 0 Å². The molecule has 1 aliphatic heterocycles. The van der Waals surface area contributed by atoms with E-state index in [1.54, 1.807) is 22.1 Å². The van der Waals surface area contributed by atoms with Gasteiger partial charge >= 0.3 is 0 Å². The summed E-state index contributed by atoms with van der Waals surface area (Å²) in [4.78, 5) is 11.8. The van der Waals surface area contributed by atoms with Gasteiger partial charge in [-0.1, -0.05) is 0 Å². The molecule has 4 aromatic heterocycles. The monoisotopic (exact) mass is 369 g/mol. The van der Waals surface area contributed by atoms with Crippen molar-refractivity contribution in [2.75, 3.05) is 18.5 Å². The van der Waals surface area contributed by atoms with Crippen molar-refractivity contribution in [2.45, 2.75) is 32.8 Å². The number of aromatic nitrogens is 4. The Balaban J connectivity index is 1.66. The molecule has 134 valence electrons. The number of fused-ring (bicyclic) bond motifs is 3. The quantitative estimate of drug-likeness (QED) is 0.589. The molecule has 1 aliphatic rings. The Labute approximate surface area is 154 Å². The van der Waals surface area contributed by atoms with Gasteiger partial charge in [0.15, 0.2) is 11.4 Å². The van der Waals surface area contributed by atoms with Gasteiger partial charge in [0.1, 0.15) is 4.83 Å². The highest BCUT2D eigenvalue weighted by Gasteiger charge is 2.21. The molecule has 1 saturated heterocycles. The molecule has 0 unspecified atom stereocenters. The number of thiophene rings is 1. The summed E-state index contributed by atoms with van der Waals surface area (Å²) < 4.78 is 13.0. The Morgan fingerprint density at radius 1 is 1.35 bits per heavy atom. The fraction of sp³-hybridized carbons (Fsp3) is 0.389. The summed E-state index contributed by atoms with van der Waals surface area (Å²) in [5, 5.41) is 9.12. The molecule has 0 spiro atoms. The van der Waals surface area contributed by atoms with E-state index in [1.165, 1.54) is 10.4 Å². The summed E-state index contributed by atoms with van der Waals surface area (Å²) in [6.45, 7) is 5.77. The predicted molar refractivity (Wildman–Crippen MR) is 101 cm³/mol. The van der Waals surface area contributed by atoms with Crippen LogP contribution in [0.1, 0.15) is 23.3 Å². The molecule has 0 aromatic carbocycles. The van der Waals surface area contributed by atoms with Gasteiger partial charge in [-0.15, -0.1) is 16.4 Å². The largest absolute Gasteiger partial charge is 0.461 e. The summed E-state index contributed by atoms with van der Waals surface area (Å²) >= 11 is 1.69. The Morgan fingerprint density at radius 2 is 2.27 bits per heavy atom. The number of rotatable bonds is 4. The fourth-order valence-corrected chi connectivity index (χ4v) is 4.37. The summed E-state index contributed by atoms with van der Waals surface area (Å²) in [7, 11) is 0. The van der Waals surface area contributed by atoms with E-state index in [0.717, 1.165) is 35.3 Å². The van der Waals surface area contributed by atoms with Crippen LogP contribution in [0.15, 0.2) is 22.8 Å². The van der Waals surface area contributed by atoms with Crippen molar-refractivity contribution in [3.05, 3.63) is 28.8 Å². The van der Waals surface area contributed by atoms with Gasteiger partial charge in [0.25, 0.3) is 0 Å². The van der Waals surface area contributed by atoms with Gasteiger partial charge in [0, 0.05) is 18.0 Å². The molecule has 7 nitrogen and oxygen atoms in total. The van der Waals surface area contributed by atoms with Crippen molar-refractivity contribution in [3.63, 3.8) is 0 Å². The number of nitrogens with zero attached hydrogens (tertiary/aromatic N) is 4. The first-order chi connectivity index (χ1) is 12.7. The first-order valence-corrected chi connectivity index (χ1v) is 9.58. The number of anilines is 1. The minimum atomic E-state index is 0.224.